The van der Waals surface area contributed by atoms with Crippen molar-refractivity contribution in [3.05, 3.63) is 95.7 Å². The second kappa shape index (κ2) is 8.16. The highest BCUT2D eigenvalue weighted by Gasteiger charge is 2.12. The molecule has 0 unspecified atom stereocenters. The van der Waals surface area contributed by atoms with E-state index < -0.39 is 0 Å². The van der Waals surface area contributed by atoms with Gasteiger partial charge in [-0.3, -0.25) is 0 Å². The SMILES string of the molecule is C=C/C=C1\C=C(/CC)COc2cccc(c2)-c2cc(C#N)nc3ccc(cc23)C1. The number of ether oxygens (including phenoxy) is 1. The average molecular weight is 378 g/mol. The molecule has 0 fully saturated rings. The van der Waals surface area contributed by atoms with E-state index in [1.807, 2.05) is 36.4 Å². The molecule has 2 aromatic carbocycles. The summed E-state index contributed by atoms with van der Waals surface area (Å²) in [5, 5.41) is 10.5. The van der Waals surface area contributed by atoms with Crippen molar-refractivity contribution in [3.63, 3.8) is 0 Å². The molecule has 4 rings (SSSR count). The van der Waals surface area contributed by atoms with Crippen LogP contribution in [0.2, 0.25) is 0 Å². The van der Waals surface area contributed by atoms with Crippen LogP contribution in [0.25, 0.3) is 22.0 Å². The molecule has 142 valence electrons. The first-order valence-electron chi connectivity index (χ1n) is 9.78. The molecule has 3 nitrogen and oxygen atoms in total. The van der Waals surface area contributed by atoms with Crippen LogP contribution in [-0.4, -0.2) is 11.6 Å². The lowest BCUT2D eigenvalue weighted by Gasteiger charge is -2.11. The van der Waals surface area contributed by atoms with Crippen LogP contribution in [0.1, 0.15) is 24.6 Å². The summed E-state index contributed by atoms with van der Waals surface area (Å²) >= 11 is 0. The Balaban J connectivity index is 1.98. The van der Waals surface area contributed by atoms with Gasteiger partial charge >= 0.3 is 0 Å². The maximum atomic E-state index is 9.44. The van der Waals surface area contributed by atoms with Crippen LogP contribution >= 0.6 is 0 Å². The van der Waals surface area contributed by atoms with Gasteiger partial charge in [0.05, 0.1) is 5.52 Å². The Morgan fingerprint density at radius 2 is 2.10 bits per heavy atom. The number of fused-ring (bicyclic) bond motifs is 4. The highest BCUT2D eigenvalue weighted by atomic mass is 16.5. The summed E-state index contributed by atoms with van der Waals surface area (Å²) < 4.78 is 6.10. The summed E-state index contributed by atoms with van der Waals surface area (Å²) in [6, 6.07) is 18.4. The Morgan fingerprint density at radius 3 is 2.90 bits per heavy atom. The van der Waals surface area contributed by atoms with Gasteiger partial charge in [-0.15, -0.1) is 0 Å². The number of hydrogen-bond acceptors (Lipinski definition) is 3. The first-order chi connectivity index (χ1) is 14.2. The summed E-state index contributed by atoms with van der Waals surface area (Å²) in [4.78, 5) is 4.50. The maximum absolute atomic E-state index is 9.44. The van der Waals surface area contributed by atoms with Crippen molar-refractivity contribution in [2.75, 3.05) is 6.61 Å². The van der Waals surface area contributed by atoms with E-state index in [-0.39, 0.29) is 0 Å². The van der Waals surface area contributed by atoms with Crippen molar-refractivity contribution < 1.29 is 4.74 Å². The lowest BCUT2D eigenvalue weighted by Crippen LogP contribution is -2.02. The van der Waals surface area contributed by atoms with Crippen molar-refractivity contribution in [2.24, 2.45) is 0 Å². The first kappa shape index (κ1) is 18.7. The molecule has 1 aliphatic rings. The molecule has 1 aliphatic heterocycles. The van der Waals surface area contributed by atoms with Crippen LogP contribution in [0.5, 0.6) is 5.75 Å². The molecule has 0 aliphatic carbocycles. The maximum Gasteiger partial charge on any atom is 0.141 e. The topological polar surface area (TPSA) is 45.9 Å². The average Bonchev–Trinajstić information content (AvgIpc) is 2.76. The van der Waals surface area contributed by atoms with Crippen LogP contribution in [0.15, 0.2) is 84.5 Å². The van der Waals surface area contributed by atoms with Crippen molar-refractivity contribution >= 4 is 10.9 Å². The molecule has 3 aromatic rings. The standard InChI is InChI=1S/C26H22N2O/c1-3-6-19-11-18(4-2)17-29-23-8-5-7-21(14-23)24-15-22(16-27)28-26-10-9-20(12-19)13-25(24)26/h3,5-11,13-15H,1,4,12,17H2,2H3/b18-11+,19-6+. The minimum absolute atomic E-state index is 0.415. The highest BCUT2D eigenvalue weighted by molar-refractivity contribution is 5.95. The lowest BCUT2D eigenvalue weighted by atomic mass is 9.96. The van der Waals surface area contributed by atoms with Crippen LogP contribution in [-0.2, 0) is 6.42 Å². The quantitative estimate of drug-likeness (QED) is 0.537. The van der Waals surface area contributed by atoms with Gasteiger partial charge in [0.1, 0.15) is 24.1 Å². The number of nitriles is 1. The molecule has 0 saturated heterocycles. The summed E-state index contributed by atoms with van der Waals surface area (Å²) in [5.74, 6) is 0.815. The molecule has 3 heteroatoms. The molecule has 4 bridgehead atoms. The molecule has 0 N–H and O–H groups in total. The van der Waals surface area contributed by atoms with Crippen LogP contribution in [0.3, 0.4) is 0 Å². The minimum Gasteiger partial charge on any atom is -0.489 e. The van der Waals surface area contributed by atoms with Gasteiger partial charge in [-0.25, -0.2) is 4.98 Å². The Bertz CT molecular complexity index is 1200. The molecular weight excluding hydrogens is 356 g/mol. The number of nitrogens with zero attached hydrogens (tertiary/aromatic N) is 2. The number of rotatable bonds is 2. The highest BCUT2D eigenvalue weighted by Crippen LogP contribution is 2.32. The Labute approximate surface area is 171 Å². The lowest BCUT2D eigenvalue weighted by molar-refractivity contribution is 0.348. The van der Waals surface area contributed by atoms with Crippen molar-refractivity contribution in [2.45, 2.75) is 19.8 Å². The smallest absolute Gasteiger partial charge is 0.141 e. The van der Waals surface area contributed by atoms with Gasteiger partial charge in [-0.05, 0) is 71.0 Å². The second-order valence-corrected chi connectivity index (χ2v) is 7.15. The molecule has 1 aromatic heterocycles. The van der Waals surface area contributed by atoms with Crippen molar-refractivity contribution in [1.29, 1.82) is 5.26 Å². The van der Waals surface area contributed by atoms with Gasteiger partial charge in [0.15, 0.2) is 0 Å². The second-order valence-electron chi connectivity index (χ2n) is 7.15. The van der Waals surface area contributed by atoms with E-state index in [2.05, 4.69) is 54.9 Å². The number of pyridine rings is 1. The van der Waals surface area contributed by atoms with Gasteiger partial charge in [0.25, 0.3) is 0 Å². The molecule has 0 atom stereocenters. The normalized spacial score (nSPS) is 16.7. The molecular formula is C26H22N2O. The van der Waals surface area contributed by atoms with Crippen LogP contribution in [0.4, 0.5) is 0 Å². The Morgan fingerprint density at radius 1 is 1.21 bits per heavy atom. The van der Waals surface area contributed by atoms with Gasteiger partial charge in [-0.1, -0.05) is 49.9 Å². The van der Waals surface area contributed by atoms with E-state index in [0.29, 0.717) is 12.3 Å². The third-order valence-electron chi connectivity index (χ3n) is 5.14. The van der Waals surface area contributed by atoms with Gasteiger partial charge < -0.3 is 4.74 Å². The largest absolute Gasteiger partial charge is 0.489 e. The molecule has 0 saturated carbocycles. The molecule has 0 amide bonds. The fourth-order valence-corrected chi connectivity index (χ4v) is 3.66. The molecule has 0 spiro atoms. The molecule has 0 radical (unpaired) electrons. The third kappa shape index (κ3) is 3.97. The predicted molar refractivity (Wildman–Crippen MR) is 118 cm³/mol. The summed E-state index contributed by atoms with van der Waals surface area (Å²) in [6.07, 6.45) is 7.81. The van der Waals surface area contributed by atoms with E-state index in [1.165, 1.54) is 16.7 Å². The monoisotopic (exact) mass is 378 g/mol. The van der Waals surface area contributed by atoms with Crippen LogP contribution in [0, 0.1) is 11.3 Å². The van der Waals surface area contributed by atoms with Crippen molar-refractivity contribution in [1.82, 2.24) is 4.98 Å². The Kier molecular flexibility index (Phi) is 5.27. The summed E-state index contributed by atoms with van der Waals surface area (Å²) in [5.41, 5.74) is 6.87. The Hall–Kier alpha value is -3.64. The van der Waals surface area contributed by atoms with E-state index in [4.69, 9.17) is 4.74 Å². The minimum atomic E-state index is 0.415. The number of allylic oxidation sites excluding steroid dienone is 4. The predicted octanol–water partition coefficient (Wildman–Crippen LogP) is 6.16. The summed E-state index contributed by atoms with van der Waals surface area (Å²) in [6.45, 7) is 6.56. The molecule has 2 heterocycles. The summed E-state index contributed by atoms with van der Waals surface area (Å²) in [7, 11) is 0. The van der Waals surface area contributed by atoms with Gasteiger partial charge in [-0.2, -0.15) is 5.26 Å². The van der Waals surface area contributed by atoms with E-state index in [9.17, 15) is 5.26 Å². The first-order valence-corrected chi connectivity index (χ1v) is 9.78. The van der Waals surface area contributed by atoms with E-state index in [1.54, 1.807) is 0 Å². The third-order valence-corrected chi connectivity index (χ3v) is 5.14. The van der Waals surface area contributed by atoms with Crippen LogP contribution < -0.4 is 4.74 Å². The zero-order valence-electron chi connectivity index (χ0n) is 16.5. The van der Waals surface area contributed by atoms with E-state index >= 15 is 0 Å². The number of hydrogen-bond donors (Lipinski definition) is 0. The fraction of sp³-hybridized carbons (Fsp3) is 0.154. The van der Waals surface area contributed by atoms with E-state index in [0.717, 1.165) is 40.6 Å². The van der Waals surface area contributed by atoms with Crippen molar-refractivity contribution in [3.8, 4) is 22.9 Å². The van der Waals surface area contributed by atoms with Gasteiger partial charge in [0, 0.05) is 5.39 Å². The zero-order chi connectivity index (χ0) is 20.2. The zero-order valence-corrected chi connectivity index (χ0v) is 16.5. The number of aromatic nitrogens is 1. The molecule has 29 heavy (non-hydrogen) atoms. The number of benzene rings is 2. The van der Waals surface area contributed by atoms with Gasteiger partial charge in [0.2, 0.25) is 0 Å². The fourth-order valence-electron chi connectivity index (χ4n) is 3.66.